The summed E-state index contributed by atoms with van der Waals surface area (Å²) < 4.78 is 14.7. The SMILES string of the molecule is Cc1ccc(C)c(CC(=O)N2CCN(c3nc4c(F)cccc4s3)CC2)c1. The first-order chi connectivity index (χ1) is 13.0. The van der Waals surface area contributed by atoms with Crippen molar-refractivity contribution in [3.63, 3.8) is 0 Å². The molecule has 1 aromatic heterocycles. The van der Waals surface area contributed by atoms with Crippen LogP contribution in [0.15, 0.2) is 36.4 Å². The number of hydrogen-bond donors (Lipinski definition) is 0. The molecule has 4 nitrogen and oxygen atoms in total. The molecule has 1 amide bonds. The van der Waals surface area contributed by atoms with Crippen molar-refractivity contribution in [2.45, 2.75) is 20.3 Å². The van der Waals surface area contributed by atoms with Gasteiger partial charge in [-0.05, 0) is 37.1 Å². The summed E-state index contributed by atoms with van der Waals surface area (Å²) in [6.07, 6.45) is 0.444. The Kier molecular flexibility index (Phi) is 4.83. The summed E-state index contributed by atoms with van der Waals surface area (Å²) in [6, 6.07) is 11.3. The van der Waals surface area contributed by atoms with E-state index in [4.69, 9.17) is 0 Å². The second-order valence-corrected chi connectivity index (χ2v) is 8.07. The minimum atomic E-state index is -0.280. The normalized spacial score (nSPS) is 14.8. The molecule has 0 N–H and O–H groups in total. The van der Waals surface area contributed by atoms with Gasteiger partial charge in [-0.25, -0.2) is 9.37 Å². The Labute approximate surface area is 162 Å². The second-order valence-electron chi connectivity index (χ2n) is 7.06. The summed E-state index contributed by atoms with van der Waals surface area (Å²) in [7, 11) is 0. The van der Waals surface area contributed by atoms with E-state index in [-0.39, 0.29) is 11.7 Å². The molecule has 1 aliphatic rings. The zero-order chi connectivity index (χ0) is 19.0. The molecule has 1 fully saturated rings. The number of amides is 1. The molecule has 4 rings (SSSR count). The average molecular weight is 383 g/mol. The Balaban J connectivity index is 1.41. The summed E-state index contributed by atoms with van der Waals surface area (Å²) >= 11 is 1.51. The number of carbonyl (C=O) groups excluding carboxylic acids is 1. The lowest BCUT2D eigenvalue weighted by Crippen LogP contribution is -2.49. The number of nitrogens with zero attached hydrogens (tertiary/aromatic N) is 3. The van der Waals surface area contributed by atoms with Gasteiger partial charge in [0.15, 0.2) is 5.13 Å². The fraction of sp³-hybridized carbons (Fsp3) is 0.333. The fourth-order valence-corrected chi connectivity index (χ4v) is 4.48. The lowest BCUT2D eigenvalue weighted by molar-refractivity contribution is -0.130. The molecule has 2 heterocycles. The lowest BCUT2D eigenvalue weighted by Gasteiger charge is -2.34. The minimum Gasteiger partial charge on any atom is -0.345 e. The van der Waals surface area contributed by atoms with Crippen LogP contribution >= 0.6 is 11.3 Å². The zero-order valence-corrected chi connectivity index (χ0v) is 16.4. The van der Waals surface area contributed by atoms with Gasteiger partial charge in [0.25, 0.3) is 0 Å². The average Bonchev–Trinajstić information content (AvgIpc) is 3.10. The molecule has 0 aliphatic carbocycles. The topological polar surface area (TPSA) is 36.4 Å². The third kappa shape index (κ3) is 3.67. The number of thiazole rings is 1. The number of benzene rings is 2. The summed E-state index contributed by atoms with van der Waals surface area (Å²) in [6.45, 7) is 6.88. The van der Waals surface area contributed by atoms with E-state index in [1.807, 2.05) is 24.8 Å². The molecule has 27 heavy (non-hydrogen) atoms. The molecule has 0 spiro atoms. The summed E-state index contributed by atoms with van der Waals surface area (Å²) in [4.78, 5) is 21.2. The van der Waals surface area contributed by atoms with Crippen LogP contribution in [0, 0.1) is 19.7 Å². The third-order valence-electron chi connectivity index (χ3n) is 5.11. The number of carbonyl (C=O) groups is 1. The highest BCUT2D eigenvalue weighted by Gasteiger charge is 2.24. The first-order valence-electron chi connectivity index (χ1n) is 9.15. The lowest BCUT2D eigenvalue weighted by atomic mass is 10.0. The number of aryl methyl sites for hydroxylation is 2. The maximum absolute atomic E-state index is 13.9. The van der Waals surface area contributed by atoms with E-state index in [0.29, 0.717) is 25.0 Å². The van der Waals surface area contributed by atoms with Gasteiger partial charge in [0.2, 0.25) is 5.91 Å². The van der Waals surface area contributed by atoms with Crippen LogP contribution in [0.3, 0.4) is 0 Å². The highest BCUT2D eigenvalue weighted by molar-refractivity contribution is 7.22. The Hall–Kier alpha value is -2.47. The third-order valence-corrected chi connectivity index (χ3v) is 6.19. The Morgan fingerprint density at radius 1 is 1.15 bits per heavy atom. The standard InChI is InChI=1S/C21H22FN3OS/c1-14-6-7-15(2)16(12-14)13-19(26)24-8-10-25(11-9-24)21-23-20-17(22)4-3-5-18(20)27-21/h3-7,12H,8-11,13H2,1-2H3. The number of anilines is 1. The van der Waals surface area contributed by atoms with Crippen LogP contribution < -0.4 is 4.90 Å². The predicted octanol–water partition coefficient (Wildman–Crippen LogP) is 3.94. The van der Waals surface area contributed by atoms with Crippen LogP contribution in [0.5, 0.6) is 0 Å². The number of para-hydroxylation sites is 1. The van der Waals surface area contributed by atoms with Crippen LogP contribution in [0.4, 0.5) is 9.52 Å². The molecule has 0 unspecified atom stereocenters. The molecule has 0 saturated carbocycles. The van der Waals surface area contributed by atoms with Gasteiger partial charge < -0.3 is 9.80 Å². The zero-order valence-electron chi connectivity index (χ0n) is 15.5. The molecule has 2 aromatic carbocycles. The predicted molar refractivity (Wildman–Crippen MR) is 108 cm³/mol. The maximum Gasteiger partial charge on any atom is 0.227 e. The van der Waals surface area contributed by atoms with Gasteiger partial charge in [-0.3, -0.25) is 4.79 Å². The van der Waals surface area contributed by atoms with Crippen molar-refractivity contribution in [2.24, 2.45) is 0 Å². The Bertz CT molecular complexity index is 992. The summed E-state index contributed by atoms with van der Waals surface area (Å²) in [5.41, 5.74) is 3.87. The number of fused-ring (bicyclic) bond motifs is 1. The molecule has 0 atom stereocenters. The van der Waals surface area contributed by atoms with E-state index in [1.54, 1.807) is 6.07 Å². The van der Waals surface area contributed by atoms with E-state index in [0.717, 1.165) is 34.0 Å². The van der Waals surface area contributed by atoms with Gasteiger partial charge in [0, 0.05) is 26.2 Å². The van der Waals surface area contributed by atoms with Gasteiger partial charge in [-0.1, -0.05) is 41.2 Å². The van der Waals surface area contributed by atoms with E-state index >= 15 is 0 Å². The van der Waals surface area contributed by atoms with Crippen molar-refractivity contribution in [2.75, 3.05) is 31.1 Å². The molecule has 6 heteroatoms. The van der Waals surface area contributed by atoms with Crippen LogP contribution in [-0.4, -0.2) is 42.0 Å². The van der Waals surface area contributed by atoms with Gasteiger partial charge in [0.1, 0.15) is 11.3 Å². The van der Waals surface area contributed by atoms with Crippen LogP contribution in [0.25, 0.3) is 10.2 Å². The molecule has 0 bridgehead atoms. The van der Waals surface area contributed by atoms with E-state index in [2.05, 4.69) is 28.1 Å². The second kappa shape index (κ2) is 7.27. The summed E-state index contributed by atoms with van der Waals surface area (Å²) in [5, 5.41) is 0.830. The van der Waals surface area contributed by atoms with Crippen LogP contribution in [0.1, 0.15) is 16.7 Å². The van der Waals surface area contributed by atoms with E-state index in [9.17, 15) is 9.18 Å². The van der Waals surface area contributed by atoms with Gasteiger partial charge in [-0.2, -0.15) is 0 Å². The molecule has 3 aromatic rings. The Morgan fingerprint density at radius 2 is 1.93 bits per heavy atom. The smallest absolute Gasteiger partial charge is 0.227 e. The van der Waals surface area contributed by atoms with Crippen molar-refractivity contribution < 1.29 is 9.18 Å². The molecule has 0 radical (unpaired) electrons. The summed E-state index contributed by atoms with van der Waals surface area (Å²) in [5.74, 6) is -0.115. The Morgan fingerprint density at radius 3 is 2.67 bits per heavy atom. The van der Waals surface area contributed by atoms with Crippen molar-refractivity contribution >= 4 is 32.6 Å². The minimum absolute atomic E-state index is 0.165. The monoisotopic (exact) mass is 383 g/mol. The highest BCUT2D eigenvalue weighted by atomic mass is 32.1. The van der Waals surface area contributed by atoms with Gasteiger partial charge in [-0.15, -0.1) is 0 Å². The molecular weight excluding hydrogens is 361 g/mol. The largest absolute Gasteiger partial charge is 0.345 e. The number of halogens is 1. The van der Waals surface area contributed by atoms with Gasteiger partial charge in [0.05, 0.1) is 11.1 Å². The number of aromatic nitrogens is 1. The first kappa shape index (κ1) is 17.9. The quantitative estimate of drug-likeness (QED) is 0.687. The maximum atomic E-state index is 13.9. The molecule has 1 saturated heterocycles. The molecule has 1 aliphatic heterocycles. The van der Waals surface area contributed by atoms with Crippen molar-refractivity contribution in [1.29, 1.82) is 0 Å². The van der Waals surface area contributed by atoms with Crippen molar-refractivity contribution in [3.05, 3.63) is 58.9 Å². The van der Waals surface area contributed by atoms with Gasteiger partial charge >= 0.3 is 0 Å². The number of piperazine rings is 1. The van der Waals surface area contributed by atoms with Crippen LogP contribution in [-0.2, 0) is 11.2 Å². The molecular formula is C21H22FN3OS. The highest BCUT2D eigenvalue weighted by Crippen LogP contribution is 2.30. The first-order valence-corrected chi connectivity index (χ1v) is 9.97. The van der Waals surface area contributed by atoms with E-state index in [1.165, 1.54) is 23.0 Å². The number of hydrogen-bond acceptors (Lipinski definition) is 4. The van der Waals surface area contributed by atoms with Crippen molar-refractivity contribution in [3.8, 4) is 0 Å². The van der Waals surface area contributed by atoms with Crippen LogP contribution in [0.2, 0.25) is 0 Å². The van der Waals surface area contributed by atoms with Crippen molar-refractivity contribution in [1.82, 2.24) is 9.88 Å². The van der Waals surface area contributed by atoms with E-state index < -0.39 is 0 Å². The molecule has 140 valence electrons. The fourth-order valence-electron chi connectivity index (χ4n) is 3.45. The number of rotatable bonds is 3.